The molecule has 0 saturated carbocycles. The lowest BCUT2D eigenvalue weighted by Gasteiger charge is -2.18. The third kappa shape index (κ3) is 2.37. The Bertz CT molecular complexity index is 596. The lowest BCUT2D eigenvalue weighted by Crippen LogP contribution is -2.21. The van der Waals surface area contributed by atoms with Crippen LogP contribution in [0, 0.1) is 0 Å². The highest BCUT2D eigenvalue weighted by atomic mass is 16.5. The summed E-state index contributed by atoms with van der Waals surface area (Å²) in [4.78, 5) is 16.1. The summed E-state index contributed by atoms with van der Waals surface area (Å²) in [7, 11) is 1.65. The summed E-state index contributed by atoms with van der Waals surface area (Å²) in [6, 6.07) is 13.6. The fourth-order valence-corrected chi connectivity index (χ4v) is 2.65. The Morgan fingerprint density at radius 1 is 1.20 bits per heavy atom. The second-order valence-corrected chi connectivity index (χ2v) is 4.88. The van der Waals surface area contributed by atoms with Gasteiger partial charge in [0.05, 0.1) is 18.8 Å². The fourth-order valence-electron chi connectivity index (χ4n) is 2.65. The maximum Gasteiger partial charge on any atom is 0.221 e. The number of methoxy groups -OCH3 is 1. The van der Waals surface area contributed by atoms with Crippen LogP contribution in [0.1, 0.15) is 29.6 Å². The molecule has 0 bridgehead atoms. The summed E-state index contributed by atoms with van der Waals surface area (Å²) in [5.41, 5.74) is 2.03. The molecule has 2 aromatic rings. The molecule has 3 rings (SSSR count). The molecule has 1 aliphatic rings. The van der Waals surface area contributed by atoms with Gasteiger partial charge in [-0.1, -0.05) is 18.2 Å². The van der Waals surface area contributed by atoms with Gasteiger partial charge in [-0.05, 0) is 29.8 Å². The average molecular weight is 268 g/mol. The molecule has 1 aromatic carbocycles. The summed E-state index contributed by atoms with van der Waals surface area (Å²) in [5, 5.41) is 3.01. The molecule has 102 valence electrons. The van der Waals surface area contributed by atoms with Crippen LogP contribution >= 0.6 is 0 Å². The van der Waals surface area contributed by atoms with Crippen LogP contribution < -0.4 is 10.1 Å². The number of carbonyl (C=O) groups excluding carboxylic acids is 1. The van der Waals surface area contributed by atoms with Crippen molar-refractivity contribution in [3.8, 4) is 5.75 Å². The van der Waals surface area contributed by atoms with Gasteiger partial charge in [-0.15, -0.1) is 0 Å². The van der Waals surface area contributed by atoms with E-state index >= 15 is 0 Å². The summed E-state index contributed by atoms with van der Waals surface area (Å²) < 4.78 is 5.17. The first-order valence-electron chi connectivity index (χ1n) is 6.62. The number of nitrogens with one attached hydrogen (secondary N) is 1. The Morgan fingerprint density at radius 2 is 2.00 bits per heavy atom. The van der Waals surface area contributed by atoms with Crippen LogP contribution in [-0.4, -0.2) is 18.0 Å². The van der Waals surface area contributed by atoms with Gasteiger partial charge in [0.2, 0.25) is 5.91 Å². The van der Waals surface area contributed by atoms with Crippen molar-refractivity contribution in [2.24, 2.45) is 0 Å². The molecule has 1 aliphatic heterocycles. The summed E-state index contributed by atoms with van der Waals surface area (Å²) in [6.45, 7) is 0. The highest BCUT2D eigenvalue weighted by Crippen LogP contribution is 2.37. The Morgan fingerprint density at radius 3 is 2.65 bits per heavy atom. The third-order valence-corrected chi connectivity index (χ3v) is 3.67. The van der Waals surface area contributed by atoms with Crippen molar-refractivity contribution in [2.45, 2.75) is 18.4 Å². The van der Waals surface area contributed by atoms with Crippen LogP contribution in [0.15, 0.2) is 48.7 Å². The van der Waals surface area contributed by atoms with Crippen molar-refractivity contribution in [2.75, 3.05) is 7.11 Å². The number of aromatic nitrogens is 1. The van der Waals surface area contributed by atoms with Crippen LogP contribution in [0.4, 0.5) is 0 Å². The van der Waals surface area contributed by atoms with E-state index in [1.54, 1.807) is 13.3 Å². The van der Waals surface area contributed by atoms with Gasteiger partial charge in [0.25, 0.3) is 0 Å². The third-order valence-electron chi connectivity index (χ3n) is 3.67. The lowest BCUT2D eigenvalue weighted by molar-refractivity contribution is -0.119. The van der Waals surface area contributed by atoms with Gasteiger partial charge < -0.3 is 10.1 Å². The molecule has 1 N–H and O–H groups in total. The molecule has 4 heteroatoms. The predicted molar refractivity (Wildman–Crippen MR) is 75.5 cm³/mol. The van der Waals surface area contributed by atoms with Crippen LogP contribution in [0.2, 0.25) is 0 Å². The Labute approximate surface area is 117 Å². The molecule has 1 aromatic heterocycles. The van der Waals surface area contributed by atoms with Crippen molar-refractivity contribution in [3.05, 3.63) is 59.9 Å². The van der Waals surface area contributed by atoms with E-state index in [4.69, 9.17) is 4.74 Å². The number of benzene rings is 1. The van der Waals surface area contributed by atoms with Crippen molar-refractivity contribution >= 4 is 5.91 Å². The Kier molecular flexibility index (Phi) is 3.37. The second kappa shape index (κ2) is 5.33. The monoisotopic (exact) mass is 268 g/mol. The number of hydrogen-bond acceptors (Lipinski definition) is 3. The van der Waals surface area contributed by atoms with E-state index in [1.165, 1.54) is 0 Å². The molecular formula is C16H16N2O2. The number of ether oxygens (including phenoxy) is 1. The molecule has 1 amide bonds. The van der Waals surface area contributed by atoms with Crippen molar-refractivity contribution in [3.63, 3.8) is 0 Å². The van der Waals surface area contributed by atoms with Gasteiger partial charge >= 0.3 is 0 Å². The minimum atomic E-state index is -0.0582. The van der Waals surface area contributed by atoms with E-state index in [-0.39, 0.29) is 17.9 Å². The Balaban J connectivity index is 1.91. The number of hydrogen-bond donors (Lipinski definition) is 1. The number of carbonyl (C=O) groups is 1. The van der Waals surface area contributed by atoms with Crippen LogP contribution in [0.3, 0.4) is 0 Å². The SMILES string of the molecule is COc1ccc([C@H]2CC(=O)N[C@@H]2c2ccccn2)cc1. The van der Waals surface area contributed by atoms with Crippen molar-refractivity contribution < 1.29 is 9.53 Å². The van der Waals surface area contributed by atoms with Crippen molar-refractivity contribution in [1.82, 2.24) is 10.3 Å². The smallest absolute Gasteiger partial charge is 0.221 e. The van der Waals surface area contributed by atoms with E-state index in [1.807, 2.05) is 42.5 Å². The van der Waals surface area contributed by atoms with Gasteiger partial charge in [0.1, 0.15) is 5.75 Å². The summed E-state index contributed by atoms with van der Waals surface area (Å²) >= 11 is 0. The first-order chi connectivity index (χ1) is 9.78. The van der Waals surface area contributed by atoms with E-state index in [2.05, 4.69) is 10.3 Å². The molecule has 0 unspecified atom stereocenters. The standard InChI is InChI=1S/C16H16N2O2/c1-20-12-7-5-11(6-8-12)13-10-15(19)18-16(13)14-4-2-3-9-17-14/h2-9,13,16H,10H2,1H3,(H,18,19)/t13-,16+/m1/s1. The Hall–Kier alpha value is -2.36. The molecule has 2 heterocycles. The maximum absolute atomic E-state index is 11.8. The highest BCUT2D eigenvalue weighted by Gasteiger charge is 2.35. The molecule has 0 aliphatic carbocycles. The van der Waals surface area contributed by atoms with Gasteiger partial charge in [-0.2, -0.15) is 0 Å². The van der Waals surface area contributed by atoms with Gasteiger partial charge in [-0.25, -0.2) is 0 Å². The molecule has 1 fully saturated rings. The normalized spacial score (nSPS) is 21.6. The molecule has 20 heavy (non-hydrogen) atoms. The molecule has 1 saturated heterocycles. The molecule has 4 nitrogen and oxygen atoms in total. The number of nitrogens with zero attached hydrogens (tertiary/aromatic N) is 1. The van der Waals surface area contributed by atoms with Gasteiger partial charge in [-0.3, -0.25) is 9.78 Å². The van der Waals surface area contributed by atoms with E-state index in [0.717, 1.165) is 17.0 Å². The predicted octanol–water partition coefficient (Wildman–Crippen LogP) is 2.44. The molecule has 0 radical (unpaired) electrons. The quantitative estimate of drug-likeness (QED) is 0.930. The van der Waals surface area contributed by atoms with E-state index < -0.39 is 0 Å². The number of amides is 1. The zero-order valence-corrected chi connectivity index (χ0v) is 11.2. The largest absolute Gasteiger partial charge is 0.497 e. The minimum absolute atomic E-state index is 0.0582. The molecule has 0 spiro atoms. The fraction of sp³-hybridized carbons (Fsp3) is 0.250. The second-order valence-electron chi connectivity index (χ2n) is 4.88. The average Bonchev–Trinajstić information content (AvgIpc) is 2.90. The van der Waals surface area contributed by atoms with Gasteiger partial charge in [0, 0.05) is 18.5 Å². The molecular weight excluding hydrogens is 252 g/mol. The summed E-state index contributed by atoms with van der Waals surface area (Å²) in [6.07, 6.45) is 2.25. The number of pyridine rings is 1. The van der Waals surface area contributed by atoms with E-state index in [9.17, 15) is 4.79 Å². The zero-order chi connectivity index (χ0) is 13.9. The van der Waals surface area contributed by atoms with Crippen LogP contribution in [0.5, 0.6) is 5.75 Å². The topological polar surface area (TPSA) is 51.2 Å². The maximum atomic E-state index is 11.8. The highest BCUT2D eigenvalue weighted by molar-refractivity contribution is 5.80. The number of rotatable bonds is 3. The minimum Gasteiger partial charge on any atom is -0.497 e. The van der Waals surface area contributed by atoms with Crippen LogP contribution in [0.25, 0.3) is 0 Å². The molecule has 2 atom stereocenters. The van der Waals surface area contributed by atoms with Crippen LogP contribution in [-0.2, 0) is 4.79 Å². The van der Waals surface area contributed by atoms with Crippen molar-refractivity contribution in [1.29, 1.82) is 0 Å². The first-order valence-corrected chi connectivity index (χ1v) is 6.62. The summed E-state index contributed by atoms with van der Waals surface area (Å²) in [5.74, 6) is 1.00. The van der Waals surface area contributed by atoms with Gasteiger partial charge in [0.15, 0.2) is 0 Å². The first kappa shape index (κ1) is 12.7. The van der Waals surface area contributed by atoms with E-state index in [0.29, 0.717) is 6.42 Å². The lowest BCUT2D eigenvalue weighted by atomic mass is 9.90. The zero-order valence-electron chi connectivity index (χ0n) is 11.2.